The lowest BCUT2D eigenvalue weighted by Crippen LogP contribution is -2.02. The molecule has 4 heteroatoms. The molecule has 0 spiro atoms. The molecule has 18 heavy (non-hydrogen) atoms. The highest BCUT2D eigenvalue weighted by Crippen LogP contribution is 2.30. The van der Waals surface area contributed by atoms with Crippen LogP contribution in [-0.2, 0) is 17.9 Å². The van der Waals surface area contributed by atoms with Gasteiger partial charge in [0.2, 0.25) is 0 Å². The molecule has 1 heterocycles. The lowest BCUT2D eigenvalue weighted by Gasteiger charge is -2.09. The summed E-state index contributed by atoms with van der Waals surface area (Å²) < 4.78 is 21.3. The summed E-state index contributed by atoms with van der Waals surface area (Å²) in [4.78, 5) is 0. The molecule has 98 valence electrons. The van der Waals surface area contributed by atoms with E-state index in [-0.39, 0.29) is 10.8 Å². The first-order chi connectivity index (χ1) is 8.69. The van der Waals surface area contributed by atoms with Crippen LogP contribution in [0, 0.1) is 5.82 Å². The molecule has 2 rings (SSSR count). The highest BCUT2D eigenvalue weighted by molar-refractivity contribution is 6.35. The first-order valence-corrected chi connectivity index (χ1v) is 6.60. The molecule has 0 atom stereocenters. The third kappa shape index (κ3) is 2.38. The molecule has 0 N–H and O–H groups in total. The number of hydrogen-bond donors (Lipinski definition) is 0. The number of aryl methyl sites for hydroxylation is 1. The van der Waals surface area contributed by atoms with E-state index in [4.69, 9.17) is 16.3 Å². The number of halogens is 2. The summed E-state index contributed by atoms with van der Waals surface area (Å²) in [5.41, 5.74) is 1.57. The summed E-state index contributed by atoms with van der Waals surface area (Å²) in [6.07, 6.45) is 3.49. The van der Waals surface area contributed by atoms with Crippen LogP contribution in [0.2, 0.25) is 5.02 Å². The van der Waals surface area contributed by atoms with Crippen molar-refractivity contribution < 1.29 is 9.13 Å². The molecular weight excluding hydrogens is 253 g/mol. The van der Waals surface area contributed by atoms with E-state index in [1.165, 1.54) is 0 Å². The molecule has 0 bridgehead atoms. The van der Waals surface area contributed by atoms with Gasteiger partial charge in [-0.2, -0.15) is 0 Å². The molecule has 0 unspecified atom stereocenters. The van der Waals surface area contributed by atoms with E-state index in [1.54, 1.807) is 0 Å². The molecule has 0 amide bonds. The Labute approximate surface area is 111 Å². The number of ether oxygens (including phenoxy) is 1. The van der Waals surface area contributed by atoms with Gasteiger partial charge in [0.1, 0.15) is 12.5 Å². The van der Waals surface area contributed by atoms with Crippen LogP contribution in [0.4, 0.5) is 4.39 Å². The summed E-state index contributed by atoms with van der Waals surface area (Å²) in [6, 6.07) is 3.68. The van der Waals surface area contributed by atoms with Crippen molar-refractivity contribution in [3.63, 3.8) is 0 Å². The standard InChI is InChI=1S/C14H17ClFNO/c1-3-7-18-9-17-6-5-11-12(17)8-10(4-2)14(16)13(11)15/h5-6,8H,3-4,7,9H2,1-2H3. The van der Waals surface area contributed by atoms with Crippen molar-refractivity contribution in [3.05, 3.63) is 34.7 Å². The number of hydrogen-bond acceptors (Lipinski definition) is 1. The van der Waals surface area contributed by atoms with Gasteiger partial charge in [-0.15, -0.1) is 0 Å². The topological polar surface area (TPSA) is 14.2 Å². The molecule has 0 saturated carbocycles. The van der Waals surface area contributed by atoms with Crippen molar-refractivity contribution in [3.8, 4) is 0 Å². The highest BCUT2D eigenvalue weighted by atomic mass is 35.5. The van der Waals surface area contributed by atoms with E-state index < -0.39 is 0 Å². The van der Waals surface area contributed by atoms with Crippen LogP contribution in [-0.4, -0.2) is 11.2 Å². The molecule has 1 aromatic carbocycles. The number of benzene rings is 1. The Kier molecular flexibility index (Phi) is 4.25. The number of nitrogens with zero attached hydrogens (tertiary/aromatic N) is 1. The summed E-state index contributed by atoms with van der Waals surface area (Å²) >= 11 is 6.06. The highest BCUT2D eigenvalue weighted by Gasteiger charge is 2.13. The normalized spacial score (nSPS) is 11.3. The van der Waals surface area contributed by atoms with Crippen LogP contribution in [0.25, 0.3) is 10.9 Å². The van der Waals surface area contributed by atoms with E-state index in [0.717, 1.165) is 23.9 Å². The molecule has 0 fully saturated rings. The molecular formula is C14H17ClFNO. The minimum atomic E-state index is -0.307. The Hall–Kier alpha value is -1.06. The first-order valence-electron chi connectivity index (χ1n) is 6.22. The Bertz CT molecular complexity index is 550. The second-order valence-corrected chi connectivity index (χ2v) is 4.65. The monoisotopic (exact) mass is 269 g/mol. The van der Waals surface area contributed by atoms with Gasteiger partial charge in [0.25, 0.3) is 0 Å². The molecule has 2 aromatic rings. The van der Waals surface area contributed by atoms with Gasteiger partial charge in [-0.25, -0.2) is 4.39 Å². The summed E-state index contributed by atoms with van der Waals surface area (Å²) in [5, 5.41) is 0.949. The van der Waals surface area contributed by atoms with Crippen LogP contribution in [0.15, 0.2) is 18.3 Å². The molecule has 0 aliphatic rings. The van der Waals surface area contributed by atoms with Gasteiger partial charge in [-0.05, 0) is 30.5 Å². The molecule has 1 aromatic heterocycles. The number of fused-ring (bicyclic) bond motifs is 1. The van der Waals surface area contributed by atoms with Gasteiger partial charge in [0, 0.05) is 18.2 Å². The second kappa shape index (κ2) is 5.72. The van der Waals surface area contributed by atoms with Crippen molar-refractivity contribution in [1.82, 2.24) is 4.57 Å². The zero-order chi connectivity index (χ0) is 13.1. The smallest absolute Gasteiger partial charge is 0.145 e. The van der Waals surface area contributed by atoms with Gasteiger partial charge in [-0.3, -0.25) is 0 Å². The van der Waals surface area contributed by atoms with E-state index in [9.17, 15) is 4.39 Å². The number of aromatic nitrogens is 1. The fourth-order valence-corrected chi connectivity index (χ4v) is 2.28. The average molecular weight is 270 g/mol. The quantitative estimate of drug-likeness (QED) is 0.735. The third-order valence-electron chi connectivity index (χ3n) is 2.99. The van der Waals surface area contributed by atoms with Crippen LogP contribution in [0.3, 0.4) is 0 Å². The largest absolute Gasteiger partial charge is 0.361 e. The van der Waals surface area contributed by atoms with E-state index in [2.05, 4.69) is 6.92 Å². The van der Waals surface area contributed by atoms with Crippen molar-refractivity contribution >= 4 is 22.5 Å². The molecule has 0 aliphatic heterocycles. The van der Waals surface area contributed by atoms with Crippen LogP contribution in [0.5, 0.6) is 0 Å². The molecule has 0 aliphatic carbocycles. The summed E-state index contributed by atoms with van der Waals surface area (Å²) in [6.45, 7) is 5.17. The van der Waals surface area contributed by atoms with Gasteiger partial charge < -0.3 is 9.30 Å². The Balaban J connectivity index is 2.42. The number of rotatable bonds is 5. The summed E-state index contributed by atoms with van der Waals surface area (Å²) in [5.74, 6) is -0.307. The zero-order valence-corrected chi connectivity index (χ0v) is 11.4. The van der Waals surface area contributed by atoms with Crippen molar-refractivity contribution in [1.29, 1.82) is 0 Å². The van der Waals surface area contributed by atoms with E-state index in [0.29, 0.717) is 18.7 Å². The van der Waals surface area contributed by atoms with Gasteiger partial charge in [0.15, 0.2) is 0 Å². The van der Waals surface area contributed by atoms with Crippen molar-refractivity contribution in [2.75, 3.05) is 6.61 Å². The SMILES string of the molecule is CCCOCn1ccc2c(Cl)c(F)c(CC)cc21. The van der Waals surface area contributed by atoms with Gasteiger partial charge in [0.05, 0.1) is 10.5 Å². The Morgan fingerprint density at radius 2 is 2.17 bits per heavy atom. The zero-order valence-electron chi connectivity index (χ0n) is 10.7. The third-order valence-corrected chi connectivity index (χ3v) is 3.36. The van der Waals surface area contributed by atoms with Crippen LogP contribution < -0.4 is 0 Å². The van der Waals surface area contributed by atoms with Crippen LogP contribution in [0.1, 0.15) is 25.8 Å². The Morgan fingerprint density at radius 3 is 2.83 bits per heavy atom. The lowest BCUT2D eigenvalue weighted by molar-refractivity contribution is 0.0804. The summed E-state index contributed by atoms with van der Waals surface area (Å²) in [7, 11) is 0. The Morgan fingerprint density at radius 1 is 1.39 bits per heavy atom. The first kappa shape index (κ1) is 13.4. The maximum atomic E-state index is 13.9. The predicted octanol–water partition coefficient (Wildman–Crippen LogP) is 4.38. The minimum Gasteiger partial charge on any atom is -0.361 e. The fourth-order valence-electron chi connectivity index (χ4n) is 2.00. The van der Waals surface area contributed by atoms with Crippen molar-refractivity contribution in [2.24, 2.45) is 0 Å². The maximum Gasteiger partial charge on any atom is 0.145 e. The second-order valence-electron chi connectivity index (χ2n) is 4.27. The molecule has 0 radical (unpaired) electrons. The minimum absolute atomic E-state index is 0.207. The van der Waals surface area contributed by atoms with Crippen molar-refractivity contribution in [2.45, 2.75) is 33.4 Å². The maximum absolute atomic E-state index is 13.9. The lowest BCUT2D eigenvalue weighted by atomic mass is 10.1. The predicted molar refractivity (Wildman–Crippen MR) is 72.5 cm³/mol. The van der Waals surface area contributed by atoms with E-state index in [1.807, 2.05) is 29.8 Å². The molecule has 2 nitrogen and oxygen atoms in total. The van der Waals surface area contributed by atoms with E-state index >= 15 is 0 Å². The van der Waals surface area contributed by atoms with Crippen LogP contribution >= 0.6 is 11.6 Å². The molecule has 0 saturated heterocycles. The van der Waals surface area contributed by atoms with Gasteiger partial charge >= 0.3 is 0 Å². The van der Waals surface area contributed by atoms with Gasteiger partial charge in [-0.1, -0.05) is 25.4 Å². The fraction of sp³-hybridized carbons (Fsp3) is 0.429. The average Bonchev–Trinajstić information content (AvgIpc) is 2.77.